The average Bonchev–Trinajstić information content (AvgIpc) is 0.974. The first kappa shape index (κ1) is 98.1. The number of aliphatic hydroxyl groups excluding tert-OH is 1. The number of unbranched alkanes of at least 4 members (excludes halogenated alkanes) is 43. The highest BCUT2D eigenvalue weighted by Crippen LogP contribution is 2.45. The van der Waals surface area contributed by atoms with Gasteiger partial charge in [0.05, 0.1) is 26.4 Å². The maximum atomic E-state index is 13.1. The van der Waals surface area contributed by atoms with Gasteiger partial charge in [-0.15, -0.1) is 0 Å². The standard InChI is InChI=1S/C81H158O17P2/c1-9-74(8)60-52-44-36-28-20-14-10-11-15-22-30-39-47-55-63-80(85)97-76(67-91-78(83)61-53-45-37-29-21-16-12-13-18-25-33-41-49-57-71(2)3)69-95-99(87,88)93-65-75(82)66-94-100(89,90)96-70-77(68-92-79(84)62-54-46-38-32-24-27-35-43-51-59-73(6)7)98-81(86)64-56-48-40-31-23-17-19-26-34-42-50-58-72(4)5/h71-77,82H,9-70H2,1-8H3,(H,87,88)(H,89,90)/t74?,75-,76-,77-/m1/s1. The van der Waals surface area contributed by atoms with E-state index in [1.54, 1.807) is 0 Å². The number of hydrogen-bond acceptors (Lipinski definition) is 15. The third kappa shape index (κ3) is 73.0. The van der Waals surface area contributed by atoms with Crippen LogP contribution >= 0.6 is 15.6 Å². The zero-order valence-electron chi connectivity index (χ0n) is 65.8. The second-order valence-corrected chi connectivity index (χ2v) is 33.7. The predicted molar refractivity (Wildman–Crippen MR) is 409 cm³/mol. The molecule has 100 heavy (non-hydrogen) atoms. The summed E-state index contributed by atoms with van der Waals surface area (Å²) >= 11 is 0. The molecule has 0 amide bonds. The number of carbonyl (C=O) groups excluding carboxylic acids is 4. The van der Waals surface area contributed by atoms with Crippen molar-refractivity contribution in [2.24, 2.45) is 23.7 Å². The van der Waals surface area contributed by atoms with Gasteiger partial charge in [-0.25, -0.2) is 9.13 Å². The lowest BCUT2D eigenvalue weighted by molar-refractivity contribution is -0.161. The van der Waals surface area contributed by atoms with E-state index < -0.39 is 97.5 Å². The van der Waals surface area contributed by atoms with Crippen LogP contribution in [-0.2, 0) is 65.4 Å². The van der Waals surface area contributed by atoms with Crippen LogP contribution < -0.4 is 0 Å². The second-order valence-electron chi connectivity index (χ2n) is 30.8. The Morgan fingerprint density at radius 2 is 0.480 bits per heavy atom. The maximum absolute atomic E-state index is 13.1. The monoisotopic (exact) mass is 1470 g/mol. The molecule has 0 fully saturated rings. The van der Waals surface area contributed by atoms with Crippen LogP contribution in [0.1, 0.15) is 415 Å². The molecule has 6 atom stereocenters. The zero-order chi connectivity index (χ0) is 73.8. The molecule has 0 aliphatic rings. The fraction of sp³-hybridized carbons (Fsp3) is 0.951. The van der Waals surface area contributed by atoms with Crippen molar-refractivity contribution in [3.05, 3.63) is 0 Å². The number of carbonyl (C=O) groups is 4. The van der Waals surface area contributed by atoms with Crippen molar-refractivity contribution in [2.45, 2.75) is 433 Å². The van der Waals surface area contributed by atoms with Crippen molar-refractivity contribution in [1.29, 1.82) is 0 Å². The van der Waals surface area contributed by atoms with Gasteiger partial charge in [-0.3, -0.25) is 37.3 Å². The summed E-state index contributed by atoms with van der Waals surface area (Å²) in [4.78, 5) is 73.1. The van der Waals surface area contributed by atoms with Gasteiger partial charge in [0.25, 0.3) is 0 Å². The molecule has 0 spiro atoms. The van der Waals surface area contributed by atoms with E-state index in [9.17, 15) is 43.2 Å². The number of rotatable bonds is 78. The largest absolute Gasteiger partial charge is 0.472 e. The molecule has 19 heteroatoms. The summed E-state index contributed by atoms with van der Waals surface area (Å²) in [6.07, 6.45) is 56.7. The Balaban J connectivity index is 5.27. The Morgan fingerprint density at radius 1 is 0.280 bits per heavy atom. The van der Waals surface area contributed by atoms with Gasteiger partial charge in [0.2, 0.25) is 0 Å². The Hall–Kier alpha value is -1.94. The predicted octanol–water partition coefficient (Wildman–Crippen LogP) is 24.0. The zero-order valence-corrected chi connectivity index (χ0v) is 67.6. The summed E-state index contributed by atoms with van der Waals surface area (Å²) in [6, 6.07) is 0. The third-order valence-corrected chi connectivity index (χ3v) is 21.1. The highest BCUT2D eigenvalue weighted by molar-refractivity contribution is 7.47. The molecule has 0 saturated carbocycles. The third-order valence-electron chi connectivity index (χ3n) is 19.2. The van der Waals surface area contributed by atoms with E-state index in [4.69, 9.17) is 37.0 Å². The molecule has 3 N–H and O–H groups in total. The molecule has 0 rings (SSSR count). The van der Waals surface area contributed by atoms with Crippen LogP contribution in [0, 0.1) is 23.7 Å². The number of phosphoric acid groups is 2. The van der Waals surface area contributed by atoms with Crippen LogP contribution in [-0.4, -0.2) is 96.7 Å². The van der Waals surface area contributed by atoms with Crippen LogP contribution in [0.25, 0.3) is 0 Å². The minimum absolute atomic E-state index is 0.106. The van der Waals surface area contributed by atoms with Crippen LogP contribution in [0.15, 0.2) is 0 Å². The molecule has 0 aromatic rings. The highest BCUT2D eigenvalue weighted by atomic mass is 31.2. The van der Waals surface area contributed by atoms with Crippen molar-refractivity contribution >= 4 is 39.5 Å². The number of ether oxygens (including phenoxy) is 4. The summed E-state index contributed by atoms with van der Waals surface area (Å²) in [5, 5.41) is 10.6. The van der Waals surface area contributed by atoms with Crippen LogP contribution in [0.4, 0.5) is 0 Å². The molecule has 0 aliphatic carbocycles. The van der Waals surface area contributed by atoms with Gasteiger partial charge in [-0.05, 0) is 49.4 Å². The molecule has 0 aromatic heterocycles. The Bertz CT molecular complexity index is 1960. The first-order valence-electron chi connectivity index (χ1n) is 41.7. The van der Waals surface area contributed by atoms with Crippen molar-refractivity contribution in [3.63, 3.8) is 0 Å². The van der Waals surface area contributed by atoms with E-state index in [-0.39, 0.29) is 25.7 Å². The van der Waals surface area contributed by atoms with E-state index in [1.165, 1.54) is 218 Å². The Kier molecular flexibility index (Phi) is 68.7. The lowest BCUT2D eigenvalue weighted by Gasteiger charge is -2.21. The summed E-state index contributed by atoms with van der Waals surface area (Å²) in [6.45, 7) is 14.3. The van der Waals surface area contributed by atoms with Crippen LogP contribution in [0.5, 0.6) is 0 Å². The molecule has 0 saturated heterocycles. The van der Waals surface area contributed by atoms with E-state index in [2.05, 4.69) is 55.4 Å². The Morgan fingerprint density at radius 3 is 0.710 bits per heavy atom. The highest BCUT2D eigenvalue weighted by Gasteiger charge is 2.30. The summed E-state index contributed by atoms with van der Waals surface area (Å²) in [5.74, 6) is 1.03. The quantitative estimate of drug-likeness (QED) is 0.0222. The van der Waals surface area contributed by atoms with Gasteiger partial charge in [-0.1, -0.05) is 364 Å². The summed E-state index contributed by atoms with van der Waals surface area (Å²) in [7, 11) is -9.92. The molecule has 0 bridgehead atoms. The van der Waals surface area contributed by atoms with Crippen molar-refractivity contribution in [3.8, 4) is 0 Å². The second kappa shape index (κ2) is 70.1. The van der Waals surface area contributed by atoms with E-state index in [1.807, 2.05) is 0 Å². The van der Waals surface area contributed by atoms with Crippen molar-refractivity contribution in [1.82, 2.24) is 0 Å². The first-order valence-corrected chi connectivity index (χ1v) is 44.7. The normalized spacial score (nSPS) is 14.3. The van der Waals surface area contributed by atoms with Gasteiger partial charge in [0.1, 0.15) is 19.3 Å². The fourth-order valence-electron chi connectivity index (χ4n) is 12.4. The summed E-state index contributed by atoms with van der Waals surface area (Å²) in [5.41, 5.74) is 0. The molecular weight excluding hydrogens is 1310 g/mol. The Labute approximate surface area is 613 Å². The molecular formula is C81H158O17P2. The minimum atomic E-state index is -4.96. The molecule has 0 aliphatic heterocycles. The van der Waals surface area contributed by atoms with E-state index in [0.29, 0.717) is 25.7 Å². The van der Waals surface area contributed by atoms with Gasteiger partial charge >= 0.3 is 39.5 Å². The molecule has 0 aromatic carbocycles. The van der Waals surface area contributed by atoms with E-state index >= 15 is 0 Å². The lowest BCUT2D eigenvalue weighted by Crippen LogP contribution is -2.30. The summed E-state index contributed by atoms with van der Waals surface area (Å²) < 4.78 is 68.8. The number of hydrogen-bond donors (Lipinski definition) is 3. The van der Waals surface area contributed by atoms with Crippen LogP contribution in [0.2, 0.25) is 0 Å². The van der Waals surface area contributed by atoms with E-state index in [0.717, 1.165) is 114 Å². The smallest absolute Gasteiger partial charge is 0.462 e. The van der Waals surface area contributed by atoms with Crippen molar-refractivity contribution < 1.29 is 80.2 Å². The van der Waals surface area contributed by atoms with Crippen molar-refractivity contribution in [2.75, 3.05) is 39.6 Å². The van der Waals surface area contributed by atoms with Gasteiger partial charge in [0, 0.05) is 25.7 Å². The van der Waals surface area contributed by atoms with Gasteiger partial charge in [-0.2, -0.15) is 0 Å². The minimum Gasteiger partial charge on any atom is -0.462 e. The molecule has 594 valence electrons. The fourth-order valence-corrected chi connectivity index (χ4v) is 14.0. The maximum Gasteiger partial charge on any atom is 0.472 e. The van der Waals surface area contributed by atoms with Crippen LogP contribution in [0.3, 0.4) is 0 Å². The SMILES string of the molecule is CCC(C)CCCCCCCCCCCCCCCCC(=O)O[C@H](COC(=O)CCCCCCCCCCCCCCCC(C)C)COP(=O)(O)OC[C@@H](O)COP(=O)(O)OC[C@@H](COC(=O)CCCCCCCCCCCC(C)C)OC(=O)CCCCCCCCCCCCCC(C)C. The number of phosphoric ester groups is 2. The average molecular weight is 1470 g/mol. The topological polar surface area (TPSA) is 237 Å². The molecule has 0 heterocycles. The first-order chi connectivity index (χ1) is 48.1. The molecule has 3 unspecified atom stereocenters. The molecule has 0 radical (unpaired) electrons. The number of esters is 4. The van der Waals surface area contributed by atoms with Gasteiger partial charge < -0.3 is 33.8 Å². The number of aliphatic hydroxyl groups is 1. The molecule has 17 nitrogen and oxygen atoms in total. The lowest BCUT2D eigenvalue weighted by atomic mass is 9.99. The van der Waals surface area contributed by atoms with Gasteiger partial charge in [0.15, 0.2) is 12.2 Å².